The highest BCUT2D eigenvalue weighted by atomic mass is 16.5. The molecule has 9 heteroatoms. The number of ether oxygens (including phenoxy) is 1. The number of carboxylic acid groups (broad SMARTS) is 1. The highest BCUT2D eigenvalue weighted by Gasteiger charge is 2.27. The predicted molar refractivity (Wildman–Crippen MR) is 113 cm³/mol. The van der Waals surface area contributed by atoms with E-state index in [9.17, 15) is 9.59 Å². The normalized spacial score (nSPS) is 21.9. The molecule has 9 nitrogen and oxygen atoms in total. The van der Waals surface area contributed by atoms with Gasteiger partial charge in [-0.25, -0.2) is 0 Å². The van der Waals surface area contributed by atoms with Crippen LogP contribution in [0.25, 0.3) is 0 Å². The van der Waals surface area contributed by atoms with Crippen molar-refractivity contribution in [3.05, 3.63) is 30.2 Å². The summed E-state index contributed by atoms with van der Waals surface area (Å²) in [6, 6.07) is 7.64. The summed E-state index contributed by atoms with van der Waals surface area (Å²) in [6.45, 7) is 0. The summed E-state index contributed by atoms with van der Waals surface area (Å²) in [4.78, 5) is 23.4. The first kappa shape index (κ1) is 21.1. The van der Waals surface area contributed by atoms with Crippen molar-refractivity contribution in [3.8, 4) is 5.75 Å². The lowest BCUT2D eigenvalue weighted by molar-refractivity contribution is -0.143. The summed E-state index contributed by atoms with van der Waals surface area (Å²) in [5, 5.41) is 22.8. The van der Waals surface area contributed by atoms with Crippen LogP contribution in [0.1, 0.15) is 68.5 Å². The van der Waals surface area contributed by atoms with Gasteiger partial charge in [-0.1, -0.05) is 24.4 Å². The van der Waals surface area contributed by atoms with Gasteiger partial charge in [0.1, 0.15) is 5.75 Å². The van der Waals surface area contributed by atoms with Crippen LogP contribution in [0, 0.1) is 5.92 Å². The summed E-state index contributed by atoms with van der Waals surface area (Å²) < 4.78 is 11.4. The molecule has 1 amide bonds. The number of hydrogen-bond acceptors (Lipinski definition) is 7. The molecule has 0 bridgehead atoms. The van der Waals surface area contributed by atoms with Crippen LogP contribution in [0.5, 0.6) is 5.75 Å². The molecule has 2 fully saturated rings. The van der Waals surface area contributed by atoms with Crippen molar-refractivity contribution in [2.24, 2.45) is 5.92 Å². The third kappa shape index (κ3) is 5.74. The third-order valence-corrected chi connectivity index (χ3v) is 5.99. The Morgan fingerprint density at radius 2 is 1.68 bits per heavy atom. The first-order valence-corrected chi connectivity index (χ1v) is 11.0. The number of nitrogens with one attached hydrogen (secondary N) is 2. The smallest absolute Gasteiger partial charge is 0.316 e. The number of aliphatic carboxylic acids is 1. The van der Waals surface area contributed by atoms with E-state index in [1.54, 1.807) is 24.3 Å². The van der Waals surface area contributed by atoms with Gasteiger partial charge in [-0.2, -0.15) is 0 Å². The van der Waals surface area contributed by atoms with Crippen LogP contribution >= 0.6 is 0 Å². The number of carbonyl (C=O) groups excluding carboxylic acids is 1. The maximum atomic E-state index is 12.4. The van der Waals surface area contributed by atoms with E-state index in [0.717, 1.165) is 25.7 Å². The lowest BCUT2D eigenvalue weighted by Crippen LogP contribution is -2.27. The fourth-order valence-electron chi connectivity index (χ4n) is 4.22. The van der Waals surface area contributed by atoms with E-state index in [1.807, 2.05) is 0 Å². The molecule has 0 radical (unpaired) electrons. The van der Waals surface area contributed by atoms with Gasteiger partial charge in [0.15, 0.2) is 0 Å². The molecule has 31 heavy (non-hydrogen) atoms. The number of anilines is 2. The van der Waals surface area contributed by atoms with Gasteiger partial charge in [-0.15, -0.1) is 5.10 Å². The number of hydrogen-bond donors (Lipinski definition) is 3. The van der Waals surface area contributed by atoms with Crippen molar-refractivity contribution in [3.63, 3.8) is 0 Å². The maximum Gasteiger partial charge on any atom is 0.316 e. The average Bonchev–Trinajstić information content (AvgIpc) is 3.25. The van der Waals surface area contributed by atoms with E-state index < -0.39 is 11.9 Å². The standard InChI is InChI=1S/C22H28N4O5/c27-19(20-25-26-22(31-20)24-15-4-2-1-3-5-15)23-16-8-12-18(13-9-16)30-17-10-6-14(7-11-17)21(28)29/h8-9,12-15,17H,1-7,10-11H2,(H,23,27)(H,24,26)(H,28,29). The summed E-state index contributed by atoms with van der Waals surface area (Å²) in [5.41, 5.74) is 0.590. The quantitative estimate of drug-likeness (QED) is 0.602. The van der Waals surface area contributed by atoms with Crippen molar-refractivity contribution in [2.45, 2.75) is 69.9 Å². The van der Waals surface area contributed by atoms with Crippen LogP contribution in [-0.4, -0.2) is 39.3 Å². The number of nitrogens with zero attached hydrogens (tertiary/aromatic N) is 2. The van der Waals surface area contributed by atoms with Crippen molar-refractivity contribution in [2.75, 3.05) is 10.6 Å². The first-order chi connectivity index (χ1) is 15.1. The minimum atomic E-state index is -0.725. The van der Waals surface area contributed by atoms with Gasteiger partial charge in [-0.05, 0) is 62.8 Å². The van der Waals surface area contributed by atoms with Crippen molar-refractivity contribution < 1.29 is 23.8 Å². The zero-order chi connectivity index (χ0) is 21.6. The number of carboxylic acids is 1. The number of carbonyl (C=O) groups is 2. The second-order valence-corrected chi connectivity index (χ2v) is 8.30. The molecule has 2 saturated carbocycles. The Bertz CT molecular complexity index is 884. The van der Waals surface area contributed by atoms with Crippen LogP contribution in [0.2, 0.25) is 0 Å². The van der Waals surface area contributed by atoms with E-state index >= 15 is 0 Å². The molecule has 4 rings (SSSR count). The Morgan fingerprint density at radius 3 is 2.35 bits per heavy atom. The first-order valence-electron chi connectivity index (χ1n) is 11.0. The van der Waals surface area contributed by atoms with E-state index in [0.29, 0.717) is 30.3 Å². The summed E-state index contributed by atoms with van der Waals surface area (Å²) in [5.74, 6) is -0.857. The minimum absolute atomic E-state index is 0.0181. The summed E-state index contributed by atoms with van der Waals surface area (Å²) in [6.07, 6.45) is 8.50. The van der Waals surface area contributed by atoms with Gasteiger partial charge in [-0.3, -0.25) is 9.59 Å². The molecule has 2 aliphatic rings. The SMILES string of the molecule is O=C(Nc1ccc(OC2CCC(C(=O)O)CC2)cc1)c1nnc(NC2CCCCC2)o1. The lowest BCUT2D eigenvalue weighted by Gasteiger charge is -2.26. The molecular formula is C22H28N4O5. The van der Waals surface area contributed by atoms with E-state index in [2.05, 4.69) is 20.8 Å². The molecule has 0 saturated heterocycles. The molecule has 2 aromatic rings. The van der Waals surface area contributed by atoms with Crippen LogP contribution in [-0.2, 0) is 4.79 Å². The molecule has 1 aromatic heterocycles. The Balaban J connectivity index is 1.26. The molecule has 1 aromatic carbocycles. The molecular weight excluding hydrogens is 400 g/mol. The van der Waals surface area contributed by atoms with Gasteiger partial charge in [0.25, 0.3) is 0 Å². The van der Waals surface area contributed by atoms with Crippen LogP contribution in [0.4, 0.5) is 11.7 Å². The average molecular weight is 428 g/mol. The van der Waals surface area contributed by atoms with Gasteiger partial charge in [0.05, 0.1) is 12.0 Å². The topological polar surface area (TPSA) is 127 Å². The molecule has 2 aliphatic carbocycles. The Hall–Kier alpha value is -3.10. The number of amides is 1. The highest BCUT2D eigenvalue weighted by molar-refractivity contribution is 6.00. The van der Waals surface area contributed by atoms with Crippen LogP contribution < -0.4 is 15.4 Å². The molecule has 3 N–H and O–H groups in total. The summed E-state index contributed by atoms with van der Waals surface area (Å²) in [7, 11) is 0. The fourth-order valence-corrected chi connectivity index (χ4v) is 4.22. The lowest BCUT2D eigenvalue weighted by atomic mass is 9.87. The second kappa shape index (κ2) is 9.80. The largest absolute Gasteiger partial charge is 0.490 e. The van der Waals surface area contributed by atoms with E-state index in [-0.39, 0.29) is 23.9 Å². The van der Waals surface area contributed by atoms with Crippen molar-refractivity contribution in [1.82, 2.24) is 10.2 Å². The Labute approximate surface area is 180 Å². The van der Waals surface area contributed by atoms with Crippen molar-refractivity contribution >= 4 is 23.6 Å². The zero-order valence-corrected chi connectivity index (χ0v) is 17.4. The Morgan fingerprint density at radius 1 is 0.968 bits per heavy atom. The fraction of sp³-hybridized carbons (Fsp3) is 0.545. The van der Waals surface area contributed by atoms with E-state index in [4.69, 9.17) is 14.3 Å². The minimum Gasteiger partial charge on any atom is -0.490 e. The molecule has 0 spiro atoms. The molecule has 0 unspecified atom stereocenters. The van der Waals surface area contributed by atoms with E-state index in [1.165, 1.54) is 19.3 Å². The Kier molecular flexibility index (Phi) is 6.69. The number of rotatable bonds is 7. The molecule has 0 atom stereocenters. The van der Waals surface area contributed by atoms with Crippen molar-refractivity contribution in [1.29, 1.82) is 0 Å². The van der Waals surface area contributed by atoms with Gasteiger partial charge < -0.3 is 24.9 Å². The monoisotopic (exact) mass is 428 g/mol. The van der Waals surface area contributed by atoms with Gasteiger partial charge in [0.2, 0.25) is 0 Å². The van der Waals surface area contributed by atoms with Crippen LogP contribution in [0.15, 0.2) is 28.7 Å². The maximum absolute atomic E-state index is 12.4. The number of aromatic nitrogens is 2. The van der Waals surface area contributed by atoms with Gasteiger partial charge >= 0.3 is 23.8 Å². The van der Waals surface area contributed by atoms with Crippen LogP contribution in [0.3, 0.4) is 0 Å². The van der Waals surface area contributed by atoms with Gasteiger partial charge in [0, 0.05) is 11.7 Å². The zero-order valence-electron chi connectivity index (χ0n) is 17.4. The third-order valence-electron chi connectivity index (χ3n) is 5.99. The summed E-state index contributed by atoms with van der Waals surface area (Å²) >= 11 is 0. The number of benzene rings is 1. The predicted octanol–water partition coefficient (Wildman–Crippen LogP) is 4.09. The second-order valence-electron chi connectivity index (χ2n) is 8.30. The molecule has 1 heterocycles. The molecule has 166 valence electrons. The molecule has 0 aliphatic heterocycles. The highest BCUT2D eigenvalue weighted by Crippen LogP contribution is 2.28.